The van der Waals surface area contributed by atoms with E-state index in [1.165, 1.54) is 26.5 Å². The molecule has 5 atom stereocenters. The Morgan fingerprint density at radius 3 is 1.61 bits per heavy atom. The number of ether oxygens (including phenoxy) is 3. The summed E-state index contributed by atoms with van der Waals surface area (Å²) in [7, 11) is 1.32. The number of nitrogens with one attached hydrogen (secondary N) is 7. The maximum absolute atomic E-state index is 13.9. The summed E-state index contributed by atoms with van der Waals surface area (Å²) in [5.74, 6) is -4.58. The first kappa shape index (κ1) is 58.9. The fourth-order valence-electron chi connectivity index (χ4n) is 6.65. The van der Waals surface area contributed by atoms with Gasteiger partial charge >= 0.3 is 18.2 Å². The van der Waals surface area contributed by atoms with Gasteiger partial charge in [-0.15, -0.1) is 0 Å². The number of carboxylic acids is 1. The number of rotatable bonds is 28. The highest BCUT2D eigenvalue weighted by molar-refractivity contribution is 5.96. The molecule has 19 heteroatoms. The van der Waals surface area contributed by atoms with Crippen LogP contribution in [-0.4, -0.2) is 121 Å². The molecule has 2 aromatic carbocycles. The molecular formula is C50H77N7O12. The SMILES string of the molecule is CCCCc1ccc(-c2ccc(C(=O)NCCC(=O)NC(CCCCNC(=O)OC(C)(C)C)C(=O)NC(C(=O)NC(C)C(=O)NC(CCCCNC(=O)OC(C)(C)C)C(=O)O)C(C)OC)cc2)cc1. The van der Waals surface area contributed by atoms with Gasteiger partial charge in [-0.25, -0.2) is 14.4 Å². The first-order chi connectivity index (χ1) is 32.4. The van der Waals surface area contributed by atoms with Gasteiger partial charge in [0.05, 0.1) is 6.10 Å². The molecule has 384 valence electrons. The van der Waals surface area contributed by atoms with Gasteiger partial charge in [0.2, 0.25) is 23.6 Å². The lowest BCUT2D eigenvalue weighted by molar-refractivity contribution is -0.142. The third-order valence-corrected chi connectivity index (χ3v) is 10.5. The van der Waals surface area contributed by atoms with Crippen molar-refractivity contribution in [3.05, 3.63) is 59.7 Å². The van der Waals surface area contributed by atoms with Gasteiger partial charge in [-0.3, -0.25) is 24.0 Å². The highest BCUT2D eigenvalue weighted by Gasteiger charge is 2.33. The fraction of sp³-hybridized carbons (Fsp3) is 0.600. The lowest BCUT2D eigenvalue weighted by atomic mass is 10.0. The van der Waals surface area contributed by atoms with Gasteiger partial charge in [0.1, 0.15) is 35.4 Å². The molecule has 0 aliphatic heterocycles. The normalized spacial score (nSPS) is 13.5. The minimum Gasteiger partial charge on any atom is -0.480 e. The number of carbonyl (C=O) groups is 8. The smallest absolute Gasteiger partial charge is 0.407 e. The standard InChI is InChI=1S/C50H77N7O12/c1-11-12-17-34-20-22-35(23-21-34)36-24-26-37(27-25-36)43(60)51-31-28-40(58)55-38(18-13-15-29-52-47(65)68-49(4,5)6)44(61)57-41(33(3)67-10)45(62)54-32(2)42(59)56-39(46(63)64)19-14-16-30-53-48(66)69-50(7,8)9/h20-27,32-33,38-39,41H,11-19,28-31H2,1-10H3,(H,51,60)(H,52,65)(H,53,66)(H,54,62)(H,55,58)(H,56,59)(H,57,61)(H,63,64). The largest absolute Gasteiger partial charge is 0.480 e. The van der Waals surface area contributed by atoms with Gasteiger partial charge in [0.15, 0.2) is 0 Å². The number of benzene rings is 2. The molecule has 0 aliphatic carbocycles. The van der Waals surface area contributed by atoms with Crippen molar-refractivity contribution in [2.45, 2.75) is 168 Å². The van der Waals surface area contributed by atoms with Crippen molar-refractivity contribution in [1.29, 1.82) is 0 Å². The molecule has 2 aromatic rings. The molecule has 0 spiro atoms. The van der Waals surface area contributed by atoms with Crippen LogP contribution >= 0.6 is 0 Å². The molecule has 0 radical (unpaired) electrons. The second kappa shape index (κ2) is 29.6. The molecule has 0 aliphatic rings. The number of alkyl carbamates (subject to hydrolysis) is 2. The lowest BCUT2D eigenvalue weighted by Gasteiger charge is -2.27. The minimum atomic E-state index is -1.37. The molecule has 5 unspecified atom stereocenters. The van der Waals surface area contributed by atoms with Crippen LogP contribution in [0.3, 0.4) is 0 Å². The zero-order valence-electron chi connectivity index (χ0n) is 42.1. The third kappa shape index (κ3) is 24.1. The summed E-state index contributed by atoms with van der Waals surface area (Å²) in [6, 6.07) is 10.4. The van der Waals surface area contributed by atoms with Gasteiger partial charge in [-0.1, -0.05) is 49.7 Å². The summed E-state index contributed by atoms with van der Waals surface area (Å²) in [5, 5.41) is 28.0. The van der Waals surface area contributed by atoms with Gasteiger partial charge in [0.25, 0.3) is 5.91 Å². The molecule has 0 bridgehead atoms. The van der Waals surface area contributed by atoms with E-state index in [1.54, 1.807) is 53.7 Å². The fourth-order valence-corrected chi connectivity index (χ4v) is 6.65. The Balaban J connectivity index is 2.06. The summed E-state index contributed by atoms with van der Waals surface area (Å²) < 4.78 is 15.8. The maximum atomic E-state index is 13.9. The van der Waals surface area contributed by atoms with Crippen LogP contribution in [0.25, 0.3) is 11.1 Å². The van der Waals surface area contributed by atoms with Gasteiger partial charge in [-0.2, -0.15) is 0 Å². The quantitative estimate of drug-likeness (QED) is 0.0506. The van der Waals surface area contributed by atoms with E-state index in [0.717, 1.165) is 30.4 Å². The summed E-state index contributed by atoms with van der Waals surface area (Å²) in [4.78, 5) is 103. The number of unbranched alkanes of at least 4 members (excludes halogenated alkanes) is 3. The van der Waals surface area contributed by atoms with E-state index in [1.807, 2.05) is 12.1 Å². The molecule has 69 heavy (non-hydrogen) atoms. The van der Waals surface area contributed by atoms with Crippen molar-refractivity contribution in [2.75, 3.05) is 26.7 Å². The van der Waals surface area contributed by atoms with E-state index in [0.29, 0.717) is 31.2 Å². The second-order valence-corrected chi connectivity index (χ2v) is 18.9. The Labute approximate surface area is 407 Å². The summed E-state index contributed by atoms with van der Waals surface area (Å²) in [5.41, 5.74) is 2.29. The second-order valence-electron chi connectivity index (χ2n) is 18.9. The predicted octanol–water partition coefficient (Wildman–Crippen LogP) is 5.28. The topological polar surface area (TPSA) is 269 Å². The number of carboxylic acid groups (broad SMARTS) is 1. The third-order valence-electron chi connectivity index (χ3n) is 10.5. The van der Waals surface area contributed by atoms with Crippen molar-refractivity contribution in [1.82, 2.24) is 37.2 Å². The van der Waals surface area contributed by atoms with Crippen LogP contribution < -0.4 is 37.2 Å². The molecule has 0 heterocycles. The predicted molar refractivity (Wildman–Crippen MR) is 261 cm³/mol. The molecule has 7 amide bonds. The van der Waals surface area contributed by atoms with E-state index >= 15 is 0 Å². The van der Waals surface area contributed by atoms with Gasteiger partial charge in [0, 0.05) is 38.7 Å². The van der Waals surface area contributed by atoms with Crippen LogP contribution in [0.4, 0.5) is 9.59 Å². The maximum Gasteiger partial charge on any atom is 0.407 e. The Morgan fingerprint density at radius 2 is 1.12 bits per heavy atom. The van der Waals surface area contributed by atoms with E-state index in [-0.39, 0.29) is 44.8 Å². The van der Waals surface area contributed by atoms with E-state index in [2.05, 4.69) is 68.4 Å². The van der Waals surface area contributed by atoms with Crippen LogP contribution in [0.2, 0.25) is 0 Å². The van der Waals surface area contributed by atoms with E-state index in [4.69, 9.17) is 14.2 Å². The van der Waals surface area contributed by atoms with Crippen molar-refractivity contribution in [3.63, 3.8) is 0 Å². The summed E-state index contributed by atoms with van der Waals surface area (Å²) >= 11 is 0. The van der Waals surface area contributed by atoms with E-state index < -0.39 is 83.3 Å². The zero-order chi connectivity index (χ0) is 51.7. The van der Waals surface area contributed by atoms with E-state index in [9.17, 15) is 43.5 Å². The molecular weight excluding hydrogens is 891 g/mol. The minimum absolute atomic E-state index is 0.0383. The first-order valence-electron chi connectivity index (χ1n) is 23.8. The average Bonchev–Trinajstić information content (AvgIpc) is 3.27. The van der Waals surface area contributed by atoms with Crippen molar-refractivity contribution in [2.24, 2.45) is 0 Å². The number of carbonyl (C=O) groups excluding carboxylic acids is 7. The van der Waals surface area contributed by atoms with Crippen LogP contribution in [0.1, 0.15) is 136 Å². The number of aryl methyl sites for hydroxylation is 1. The zero-order valence-corrected chi connectivity index (χ0v) is 42.1. The average molecular weight is 968 g/mol. The molecule has 19 nitrogen and oxygen atoms in total. The lowest BCUT2D eigenvalue weighted by Crippen LogP contribution is -2.60. The molecule has 0 fully saturated rings. The number of hydrogen-bond acceptors (Lipinski definition) is 11. The highest BCUT2D eigenvalue weighted by Crippen LogP contribution is 2.21. The molecule has 0 saturated heterocycles. The van der Waals surface area contributed by atoms with Crippen LogP contribution in [0.15, 0.2) is 48.5 Å². The Kier molecular flexibility index (Phi) is 25.3. The molecule has 0 saturated carbocycles. The number of methoxy groups -OCH3 is 1. The Morgan fingerprint density at radius 1 is 0.594 bits per heavy atom. The van der Waals surface area contributed by atoms with Gasteiger partial charge in [-0.05, 0) is 136 Å². The van der Waals surface area contributed by atoms with Crippen molar-refractivity contribution < 1.29 is 57.7 Å². The van der Waals surface area contributed by atoms with Crippen molar-refractivity contribution >= 4 is 47.7 Å². The number of hydrogen-bond donors (Lipinski definition) is 8. The van der Waals surface area contributed by atoms with Crippen LogP contribution in [0.5, 0.6) is 0 Å². The monoisotopic (exact) mass is 968 g/mol. The molecule has 0 aromatic heterocycles. The number of amides is 7. The number of aliphatic carboxylic acids is 1. The molecule has 8 N–H and O–H groups in total. The summed E-state index contributed by atoms with van der Waals surface area (Å²) in [6.45, 7) is 15.8. The van der Waals surface area contributed by atoms with Crippen molar-refractivity contribution in [3.8, 4) is 11.1 Å². The van der Waals surface area contributed by atoms with Crippen LogP contribution in [0, 0.1) is 0 Å². The Bertz CT molecular complexity index is 1980. The molecule has 2 rings (SSSR count). The highest BCUT2D eigenvalue weighted by atomic mass is 16.6. The Hall–Kier alpha value is -6.24. The first-order valence-corrected chi connectivity index (χ1v) is 23.8. The summed E-state index contributed by atoms with van der Waals surface area (Å²) in [6.07, 6.45) is 2.59. The van der Waals surface area contributed by atoms with Crippen LogP contribution in [-0.2, 0) is 44.6 Å². The van der Waals surface area contributed by atoms with Gasteiger partial charge < -0.3 is 56.5 Å².